The van der Waals surface area contributed by atoms with Gasteiger partial charge < -0.3 is 8.96 Å². The molecule has 4 heterocycles. The van der Waals surface area contributed by atoms with Crippen LogP contribution in [-0.2, 0) is 0 Å². The number of pyridine rings is 2. The number of carbonyl (C=O) groups excluding carboxylic acids is 4. The van der Waals surface area contributed by atoms with Crippen LogP contribution >= 0.6 is 0 Å². The fraction of sp³-hybridized carbons (Fsp3) is 0. The number of benzene rings is 10. The summed E-state index contributed by atoms with van der Waals surface area (Å²) in [7, 11) is 0. The van der Waals surface area contributed by atoms with E-state index in [0.29, 0.717) is 36.4 Å². The molecule has 2 aliphatic rings. The lowest BCUT2D eigenvalue weighted by Gasteiger charge is -2.38. The van der Waals surface area contributed by atoms with Crippen molar-refractivity contribution in [3.8, 4) is 0 Å². The molecular formula is C72H20B2F34N4O4. The molecule has 8 nitrogen and oxygen atoms in total. The van der Waals surface area contributed by atoms with Gasteiger partial charge in [-0.3, -0.25) is 19.2 Å². The number of nitrogens with zero attached hydrogens (tertiary/aromatic N) is 4. The second-order valence-corrected chi connectivity index (χ2v) is 24.4. The van der Waals surface area contributed by atoms with Crippen molar-refractivity contribution < 1.29 is 177 Å². The third-order valence-electron chi connectivity index (χ3n) is 18.5. The van der Waals surface area contributed by atoms with E-state index in [4.69, 9.17) is 0 Å². The molecule has 12 aromatic rings. The molecule has 596 valence electrons. The molecule has 44 heteroatoms. The number of rotatable bonds is 10. The lowest BCUT2D eigenvalue weighted by molar-refractivity contribution is -0.539. The maximum Gasteiger partial charge on any atom is 0.377 e. The minimum Gasteiger partial charge on any atom is -0.413 e. The molecule has 0 bridgehead atoms. The van der Waals surface area contributed by atoms with E-state index >= 15 is 105 Å². The first-order chi connectivity index (χ1) is 54.4. The van der Waals surface area contributed by atoms with Crippen molar-refractivity contribution in [1.82, 2.24) is 0 Å². The number of hydrogen-bond acceptors (Lipinski definition) is 4. The van der Waals surface area contributed by atoms with Gasteiger partial charge in [-0.15, -0.1) is 0 Å². The fourth-order valence-corrected chi connectivity index (χ4v) is 13.6. The second-order valence-electron chi connectivity index (χ2n) is 24.4. The molecule has 0 radical (unpaired) electrons. The predicted octanol–water partition coefficient (Wildman–Crippen LogP) is 14.1. The molecule has 0 saturated heterocycles. The van der Waals surface area contributed by atoms with Gasteiger partial charge in [0.2, 0.25) is 0 Å². The highest BCUT2D eigenvalue weighted by Gasteiger charge is 2.60. The molecule has 0 saturated carbocycles. The second kappa shape index (κ2) is 29.6. The first-order valence-electron chi connectivity index (χ1n) is 31.1. The van der Waals surface area contributed by atoms with Crippen LogP contribution in [0.15, 0.2) is 122 Å². The van der Waals surface area contributed by atoms with Gasteiger partial charge in [0.15, 0.2) is 105 Å². The number of carbonyl (C=O) groups is 4. The standard InChI is InChI=1S/C60H12B2F30N4O4.2C6H4F2/c63-27-21(28(64)40(76)51(87)39(27)75)61(22-29(65)41(77)52(88)42(78)30(22)66,23-31(67)43(79)53(89)44(80)32(23)68)93-9-1-3-13(11-93)95-57(97)15-5-7-17-20-18(8-6-16(19(15)20)58(95)98)60(100)96(59(17)99)14-4-2-10-94(12-14)62(24-33(69)45(81)54(90)46(82)34(24)70,25-35(71)47(83)55(91)48(84)36(25)72)26-37(73)49(85)56(92)50(86)38(26)74;2*7-5-1-2-6(8)4-3-5/h1-12H;2*1-4H. The molecule has 0 N–H and O–H groups in total. The minimum atomic E-state index is -6.65. The van der Waals surface area contributed by atoms with E-state index in [1.54, 1.807) is 0 Å². The Bertz CT molecular complexity index is 5360. The van der Waals surface area contributed by atoms with E-state index in [1.807, 2.05) is 0 Å². The zero-order chi connectivity index (χ0) is 85.5. The Balaban J connectivity index is 0.000000692. The summed E-state index contributed by atoms with van der Waals surface area (Å²) in [5, 5.41) is -1.80. The van der Waals surface area contributed by atoms with Crippen LogP contribution in [0, 0.1) is 198 Å². The first kappa shape index (κ1) is 82.3. The van der Waals surface area contributed by atoms with E-state index in [0.717, 1.165) is 48.5 Å². The molecule has 10 aromatic carbocycles. The van der Waals surface area contributed by atoms with Gasteiger partial charge in [0.1, 0.15) is 129 Å². The van der Waals surface area contributed by atoms with E-state index in [-0.39, 0.29) is 46.7 Å². The van der Waals surface area contributed by atoms with Gasteiger partial charge in [-0.1, -0.05) is 0 Å². The van der Waals surface area contributed by atoms with Gasteiger partial charge in [-0.05, 0) is 130 Å². The normalized spacial score (nSPS) is 12.8. The Morgan fingerprint density at radius 1 is 0.198 bits per heavy atom. The van der Waals surface area contributed by atoms with Crippen LogP contribution in [0.2, 0.25) is 0 Å². The molecule has 0 unspecified atom stereocenters. The van der Waals surface area contributed by atoms with Gasteiger partial charge in [-0.25, -0.2) is 159 Å². The van der Waals surface area contributed by atoms with E-state index in [2.05, 4.69) is 0 Å². The van der Waals surface area contributed by atoms with Crippen LogP contribution in [0.4, 0.5) is 161 Å². The molecule has 116 heavy (non-hydrogen) atoms. The number of amides is 4. The fourth-order valence-electron chi connectivity index (χ4n) is 13.6. The third kappa shape index (κ3) is 12.0. The summed E-state index contributed by atoms with van der Waals surface area (Å²) in [5.41, 5.74) is -26.0. The van der Waals surface area contributed by atoms with Gasteiger partial charge >= 0.3 is 12.6 Å². The molecule has 0 spiro atoms. The minimum absolute atomic E-state index is 0.0924. The lowest BCUT2D eigenvalue weighted by Crippen LogP contribution is -2.88. The number of aromatic nitrogens is 2. The summed E-state index contributed by atoms with van der Waals surface area (Å²) in [6, 6.07) is 11.8. The van der Waals surface area contributed by atoms with Crippen molar-refractivity contribution in [3.63, 3.8) is 0 Å². The van der Waals surface area contributed by atoms with Crippen LogP contribution in [0.5, 0.6) is 0 Å². The summed E-state index contributed by atoms with van der Waals surface area (Å²) in [4.78, 5) is 58.9. The third-order valence-corrected chi connectivity index (χ3v) is 18.5. The summed E-state index contributed by atoms with van der Waals surface area (Å²) in [6.07, 6.45) is -14.0. The summed E-state index contributed by atoms with van der Waals surface area (Å²) in [6.45, 7) is 0. The van der Waals surface area contributed by atoms with Crippen molar-refractivity contribution >= 4 is 91.1 Å². The number of anilines is 2. The zero-order valence-electron chi connectivity index (χ0n) is 55.0. The lowest BCUT2D eigenvalue weighted by atomic mass is 9.23. The number of hydrogen-bond donors (Lipinski definition) is 0. The average molecular weight is 1670 g/mol. The van der Waals surface area contributed by atoms with Crippen molar-refractivity contribution in [2.24, 2.45) is 0 Å². The molecule has 2 aromatic heterocycles. The molecular weight excluding hydrogens is 1650 g/mol. The Hall–Kier alpha value is -13.2. The summed E-state index contributed by atoms with van der Waals surface area (Å²) < 4.78 is 519. The van der Waals surface area contributed by atoms with Crippen molar-refractivity contribution in [2.75, 3.05) is 9.80 Å². The first-order valence-corrected chi connectivity index (χ1v) is 31.1. The summed E-state index contributed by atoms with van der Waals surface area (Å²) in [5.74, 6) is -112. The van der Waals surface area contributed by atoms with Crippen molar-refractivity contribution in [2.45, 2.75) is 0 Å². The Morgan fingerprint density at radius 2 is 0.345 bits per heavy atom. The highest BCUT2D eigenvalue weighted by Crippen LogP contribution is 2.41. The monoisotopic (exact) mass is 1670 g/mol. The molecule has 0 aliphatic carbocycles. The van der Waals surface area contributed by atoms with Crippen LogP contribution < -0.4 is 51.5 Å². The van der Waals surface area contributed by atoms with E-state index in [9.17, 15) is 63.1 Å². The van der Waals surface area contributed by atoms with Crippen LogP contribution in [-0.4, -0.2) is 36.2 Å². The molecule has 2 aliphatic heterocycles. The quantitative estimate of drug-likeness (QED) is 0.0449. The predicted molar refractivity (Wildman–Crippen MR) is 330 cm³/mol. The SMILES string of the molecule is Fc1ccc(F)cc1.Fc1ccc(F)cc1.O=C1c2ccc3c4c(ccc(c24)C(=O)N1c1ccc[n+]([B-](c2c(F)c(F)c(F)c(F)c2F)(c2c(F)c(F)c(F)c(F)c2F)c2c(F)c(F)c(F)c(F)c2F)c1)C(=O)N(c1ccc[n+]([B-](c2c(F)c(F)c(F)c(F)c2F)(c2c(F)c(F)c(F)c(F)c2F)c2c(F)c(F)c(F)c(F)c2F)c1)C3=O. The largest absolute Gasteiger partial charge is 0.413 e. The van der Waals surface area contributed by atoms with Crippen LogP contribution in [0.25, 0.3) is 10.8 Å². The molecule has 0 atom stereocenters. The molecule has 14 rings (SSSR count). The van der Waals surface area contributed by atoms with Gasteiger partial charge in [-0.2, -0.15) is 0 Å². The van der Waals surface area contributed by atoms with Gasteiger partial charge in [0.05, 0.1) is 0 Å². The highest BCUT2D eigenvalue weighted by atomic mass is 19.2. The van der Waals surface area contributed by atoms with Crippen LogP contribution in [0.1, 0.15) is 41.4 Å². The number of imide groups is 2. The summed E-state index contributed by atoms with van der Waals surface area (Å²) >= 11 is 0. The van der Waals surface area contributed by atoms with Crippen LogP contribution in [0.3, 0.4) is 0 Å². The van der Waals surface area contributed by atoms with Crippen molar-refractivity contribution in [1.29, 1.82) is 0 Å². The number of halogens is 34. The maximum absolute atomic E-state index is 16.6. The highest BCUT2D eigenvalue weighted by molar-refractivity contribution is 7.06. The average Bonchev–Trinajstić information content (AvgIpc) is 0.693. The Labute approximate surface area is 618 Å². The van der Waals surface area contributed by atoms with E-state index < -0.39 is 320 Å². The molecule has 0 fully saturated rings. The van der Waals surface area contributed by atoms with Gasteiger partial charge in [0.25, 0.3) is 23.6 Å². The van der Waals surface area contributed by atoms with Gasteiger partial charge in [0, 0.05) is 33.0 Å². The smallest absolute Gasteiger partial charge is 0.377 e. The maximum atomic E-state index is 16.6. The topological polar surface area (TPSA) is 82.5 Å². The zero-order valence-corrected chi connectivity index (χ0v) is 55.0. The Kier molecular flexibility index (Phi) is 21.0. The van der Waals surface area contributed by atoms with Crippen molar-refractivity contribution in [3.05, 3.63) is 342 Å². The Morgan fingerprint density at radius 3 is 0.500 bits per heavy atom. The molecule has 4 amide bonds. The van der Waals surface area contributed by atoms with E-state index in [1.165, 1.54) is 0 Å².